The van der Waals surface area contributed by atoms with E-state index >= 15 is 0 Å². The number of aliphatic hydroxyl groups excluding tert-OH is 1. The zero-order valence-electron chi connectivity index (χ0n) is 18.5. The molecule has 2 N–H and O–H groups in total. The smallest absolute Gasteiger partial charge is 0.254 e. The van der Waals surface area contributed by atoms with Gasteiger partial charge in [-0.25, -0.2) is 4.39 Å². The van der Waals surface area contributed by atoms with Gasteiger partial charge in [0.25, 0.3) is 5.91 Å². The zero-order valence-corrected chi connectivity index (χ0v) is 18.5. The van der Waals surface area contributed by atoms with Crippen LogP contribution in [-0.2, 0) is 16.1 Å². The molecule has 1 aliphatic rings. The van der Waals surface area contributed by atoms with Crippen molar-refractivity contribution in [3.05, 3.63) is 70.8 Å². The monoisotopic (exact) mass is 451 g/mol. The van der Waals surface area contributed by atoms with Gasteiger partial charge in [0.15, 0.2) is 11.8 Å². The Morgan fingerprint density at radius 1 is 1.09 bits per heavy atom. The van der Waals surface area contributed by atoms with Crippen molar-refractivity contribution < 1.29 is 23.9 Å². The molecule has 0 radical (unpaired) electrons. The molecule has 1 heterocycles. The van der Waals surface area contributed by atoms with Crippen LogP contribution in [-0.4, -0.2) is 78.5 Å². The van der Waals surface area contributed by atoms with E-state index in [0.29, 0.717) is 18.7 Å². The predicted octanol–water partition coefficient (Wildman–Crippen LogP) is 0.988. The summed E-state index contributed by atoms with van der Waals surface area (Å²) in [5, 5.41) is 11.4. The number of amides is 2. The van der Waals surface area contributed by atoms with E-state index < -0.39 is 36.4 Å². The molecular weight excluding hydrogens is 425 g/mol. The fraction of sp³-hybridized carbons (Fsp3) is 0.320. The third-order valence-electron chi connectivity index (χ3n) is 5.42. The number of rotatable bonds is 7. The molecule has 33 heavy (non-hydrogen) atoms. The highest BCUT2D eigenvalue weighted by molar-refractivity contribution is 6.10. The second-order valence-corrected chi connectivity index (χ2v) is 7.87. The first-order valence-corrected chi connectivity index (χ1v) is 10.5. The van der Waals surface area contributed by atoms with Gasteiger partial charge in [-0.2, -0.15) is 0 Å². The van der Waals surface area contributed by atoms with Crippen molar-refractivity contribution in [3.63, 3.8) is 0 Å². The minimum absolute atomic E-state index is 0.286. The van der Waals surface area contributed by atoms with E-state index in [2.05, 4.69) is 17.2 Å². The van der Waals surface area contributed by atoms with Crippen molar-refractivity contribution in [1.29, 1.82) is 0 Å². The van der Waals surface area contributed by atoms with Crippen molar-refractivity contribution >= 4 is 17.6 Å². The largest absolute Gasteiger partial charge is 0.388 e. The van der Waals surface area contributed by atoms with E-state index in [1.807, 2.05) is 29.2 Å². The first-order valence-electron chi connectivity index (χ1n) is 10.5. The molecule has 1 aliphatic heterocycles. The van der Waals surface area contributed by atoms with Crippen molar-refractivity contribution in [3.8, 4) is 11.8 Å². The number of aliphatic hydroxyl groups is 1. The van der Waals surface area contributed by atoms with E-state index in [-0.39, 0.29) is 5.56 Å². The van der Waals surface area contributed by atoms with Crippen molar-refractivity contribution in [2.24, 2.45) is 0 Å². The minimum atomic E-state index is -1.41. The quantitative estimate of drug-likeness (QED) is 0.484. The number of carbonyl (C=O) groups is 3. The molecule has 172 valence electrons. The van der Waals surface area contributed by atoms with E-state index in [9.17, 15) is 18.8 Å². The van der Waals surface area contributed by atoms with E-state index in [1.165, 1.54) is 14.1 Å². The number of carbonyl (C=O) groups excluding carboxylic acids is 3. The molecule has 1 saturated heterocycles. The van der Waals surface area contributed by atoms with E-state index in [1.54, 1.807) is 24.3 Å². The second kappa shape index (κ2) is 10.9. The lowest BCUT2D eigenvalue weighted by molar-refractivity contribution is -0.135. The molecule has 1 unspecified atom stereocenters. The maximum atomic E-state index is 12.9. The van der Waals surface area contributed by atoms with Gasteiger partial charge in [0.1, 0.15) is 12.8 Å². The molecule has 2 aromatic rings. The summed E-state index contributed by atoms with van der Waals surface area (Å²) in [5.41, 5.74) is 2.92. The molecule has 0 aromatic heterocycles. The molecule has 8 heteroatoms. The Hall–Kier alpha value is -3.54. The maximum absolute atomic E-state index is 12.9. The topological polar surface area (TPSA) is 90.0 Å². The summed E-state index contributed by atoms with van der Waals surface area (Å²) < 4.78 is 12.9. The fourth-order valence-electron chi connectivity index (χ4n) is 3.51. The number of ketones is 1. The molecule has 1 fully saturated rings. The molecule has 2 aromatic carbocycles. The Kier molecular flexibility index (Phi) is 7.93. The second-order valence-electron chi connectivity index (χ2n) is 7.87. The van der Waals surface area contributed by atoms with Gasteiger partial charge in [-0.1, -0.05) is 24.0 Å². The Bertz CT molecular complexity index is 1050. The lowest BCUT2D eigenvalue weighted by Gasteiger charge is -2.34. The SMILES string of the molecule is CNC(=O)C(C(=O)CO)N(C)C(=O)c1ccc(C#Cc2ccc(CN3CC(F)C3)cc2)cc1. The van der Waals surface area contributed by atoms with Crippen LogP contribution in [0.4, 0.5) is 4.39 Å². The van der Waals surface area contributed by atoms with Crippen LogP contribution >= 0.6 is 0 Å². The normalized spacial score (nSPS) is 14.4. The molecule has 0 bridgehead atoms. The molecule has 0 spiro atoms. The summed E-state index contributed by atoms with van der Waals surface area (Å²) in [6.45, 7) is 0.852. The van der Waals surface area contributed by atoms with Crippen LogP contribution in [0.25, 0.3) is 0 Å². The lowest BCUT2D eigenvalue weighted by Crippen LogP contribution is -2.52. The zero-order chi connectivity index (χ0) is 24.0. The van der Waals surface area contributed by atoms with Crippen LogP contribution < -0.4 is 5.32 Å². The number of nitrogens with zero attached hydrogens (tertiary/aromatic N) is 2. The molecule has 1 atom stereocenters. The number of benzene rings is 2. The Labute approximate surface area is 192 Å². The number of hydrogen-bond donors (Lipinski definition) is 2. The molecule has 0 saturated carbocycles. The van der Waals surface area contributed by atoms with Gasteiger partial charge in [0, 0.05) is 50.4 Å². The van der Waals surface area contributed by atoms with Gasteiger partial charge in [-0.05, 0) is 42.0 Å². The van der Waals surface area contributed by atoms with Gasteiger partial charge in [0.2, 0.25) is 5.91 Å². The Morgan fingerprint density at radius 3 is 2.12 bits per heavy atom. The number of nitrogens with one attached hydrogen (secondary N) is 1. The summed E-state index contributed by atoms with van der Waals surface area (Å²) in [5.74, 6) is 4.14. The average molecular weight is 451 g/mol. The van der Waals surface area contributed by atoms with Crippen LogP contribution in [0.3, 0.4) is 0 Å². The van der Waals surface area contributed by atoms with Gasteiger partial charge in [0.05, 0.1) is 0 Å². The van der Waals surface area contributed by atoms with Crippen LogP contribution in [0.1, 0.15) is 27.0 Å². The average Bonchev–Trinajstić information content (AvgIpc) is 2.82. The molecule has 7 nitrogen and oxygen atoms in total. The molecule has 0 aliphatic carbocycles. The molecular formula is C25H26FN3O4. The van der Waals surface area contributed by atoms with Crippen LogP contribution in [0.15, 0.2) is 48.5 Å². The summed E-state index contributed by atoms with van der Waals surface area (Å²) in [6, 6.07) is 12.9. The highest BCUT2D eigenvalue weighted by Gasteiger charge is 2.32. The standard InChI is InChI=1S/C25H26FN3O4/c1-27-24(32)23(22(31)16-30)28(2)25(33)20-11-9-18(10-12-20)4-3-17-5-7-19(8-6-17)13-29-14-21(26)15-29/h5-12,21,23,30H,13-16H2,1-2H3,(H,27,32). The number of likely N-dealkylation sites (tertiary alicyclic amines) is 1. The lowest BCUT2D eigenvalue weighted by atomic mass is 10.1. The van der Waals surface area contributed by atoms with Gasteiger partial charge in [-0.15, -0.1) is 0 Å². The van der Waals surface area contributed by atoms with E-state index in [0.717, 1.165) is 22.6 Å². The number of halogens is 1. The summed E-state index contributed by atoms with van der Waals surface area (Å²) in [6.07, 6.45) is -0.711. The van der Waals surface area contributed by atoms with Crippen LogP contribution in [0, 0.1) is 11.8 Å². The van der Waals surface area contributed by atoms with E-state index in [4.69, 9.17) is 5.11 Å². The molecule has 3 rings (SSSR count). The third-order valence-corrected chi connectivity index (χ3v) is 5.42. The number of likely N-dealkylation sites (N-methyl/N-ethyl adjacent to an activating group) is 2. The first kappa shape index (κ1) is 24.1. The van der Waals surface area contributed by atoms with Crippen LogP contribution in [0.2, 0.25) is 0 Å². The minimum Gasteiger partial charge on any atom is -0.388 e. The van der Waals surface area contributed by atoms with Gasteiger partial charge >= 0.3 is 0 Å². The summed E-state index contributed by atoms with van der Waals surface area (Å²) >= 11 is 0. The molecule has 2 amide bonds. The third kappa shape index (κ3) is 6.04. The number of hydrogen-bond acceptors (Lipinski definition) is 5. The maximum Gasteiger partial charge on any atom is 0.254 e. The van der Waals surface area contributed by atoms with Crippen molar-refractivity contribution in [2.45, 2.75) is 18.8 Å². The number of Topliss-reactive ketones (excluding diaryl/α,β-unsaturated/α-hetero) is 1. The summed E-state index contributed by atoms with van der Waals surface area (Å²) in [4.78, 5) is 39.7. The highest BCUT2D eigenvalue weighted by Crippen LogP contribution is 2.16. The van der Waals surface area contributed by atoms with Crippen LogP contribution in [0.5, 0.6) is 0 Å². The number of alkyl halides is 1. The highest BCUT2D eigenvalue weighted by atomic mass is 19.1. The first-order chi connectivity index (χ1) is 15.8. The fourth-order valence-corrected chi connectivity index (χ4v) is 3.51. The Morgan fingerprint density at radius 2 is 1.64 bits per heavy atom. The van der Waals surface area contributed by atoms with Gasteiger partial charge in [-0.3, -0.25) is 19.3 Å². The Balaban J connectivity index is 1.64. The van der Waals surface area contributed by atoms with Crippen molar-refractivity contribution in [1.82, 2.24) is 15.1 Å². The summed E-state index contributed by atoms with van der Waals surface area (Å²) in [7, 11) is 2.69. The van der Waals surface area contributed by atoms with Gasteiger partial charge < -0.3 is 15.3 Å². The van der Waals surface area contributed by atoms with Crippen molar-refractivity contribution in [2.75, 3.05) is 33.8 Å². The predicted molar refractivity (Wildman–Crippen MR) is 121 cm³/mol.